The maximum absolute atomic E-state index is 12.6. The number of hydrogen-bond donors (Lipinski definition) is 2. The van der Waals surface area contributed by atoms with Gasteiger partial charge in [0.15, 0.2) is 0 Å². The minimum Gasteiger partial charge on any atom is -0.394 e. The van der Waals surface area contributed by atoms with Gasteiger partial charge in [0.1, 0.15) is 5.83 Å². The van der Waals surface area contributed by atoms with Crippen LogP contribution in [0.4, 0.5) is 4.39 Å². The van der Waals surface area contributed by atoms with Gasteiger partial charge in [-0.15, -0.1) is 0 Å². The summed E-state index contributed by atoms with van der Waals surface area (Å²) in [6.45, 7) is 7.86. The topological polar surface area (TPSA) is 49.3 Å². The van der Waals surface area contributed by atoms with Crippen molar-refractivity contribution >= 4 is 11.0 Å². The molecule has 3 nitrogen and oxygen atoms in total. The molecule has 0 bridgehead atoms. The van der Waals surface area contributed by atoms with E-state index in [0.717, 1.165) is 0 Å². The lowest BCUT2D eigenvalue weighted by molar-refractivity contribution is 0.259. The monoisotopic (exact) mass is 209 g/mol. The Morgan fingerprint density at radius 3 is 2.38 bits per heavy atom. The van der Waals surface area contributed by atoms with E-state index in [4.69, 9.17) is 5.11 Å². The van der Waals surface area contributed by atoms with Gasteiger partial charge in [-0.25, -0.2) is 13.3 Å². The van der Waals surface area contributed by atoms with Crippen LogP contribution in [-0.2, 0) is 11.0 Å². The number of hydrogen-bond acceptors (Lipinski definition) is 2. The number of aliphatic hydroxyl groups is 1. The maximum Gasteiger partial charge on any atom is 0.113 e. The summed E-state index contributed by atoms with van der Waals surface area (Å²) in [4.78, 5) is 0. The van der Waals surface area contributed by atoms with Gasteiger partial charge in [0.2, 0.25) is 0 Å². The molecule has 0 aliphatic carbocycles. The highest BCUT2D eigenvalue weighted by molar-refractivity contribution is 7.84. The van der Waals surface area contributed by atoms with Crippen LogP contribution < -0.4 is 4.72 Å². The van der Waals surface area contributed by atoms with Gasteiger partial charge in [0.05, 0.1) is 28.4 Å². The largest absolute Gasteiger partial charge is 0.394 e. The molecule has 5 heteroatoms. The molecule has 78 valence electrons. The van der Waals surface area contributed by atoms with Gasteiger partial charge in [0.25, 0.3) is 0 Å². The highest BCUT2D eigenvalue weighted by Gasteiger charge is 2.23. The minimum atomic E-state index is -1.40. The van der Waals surface area contributed by atoms with Gasteiger partial charge in [-0.05, 0) is 20.8 Å². The van der Waals surface area contributed by atoms with Crippen molar-refractivity contribution in [2.45, 2.75) is 31.6 Å². The first-order valence-electron chi connectivity index (χ1n) is 3.92. The maximum atomic E-state index is 12.6. The third-order valence-corrected chi connectivity index (χ3v) is 2.98. The van der Waals surface area contributed by atoms with E-state index >= 15 is 0 Å². The molecule has 0 aliphatic rings. The van der Waals surface area contributed by atoms with Gasteiger partial charge in [-0.3, -0.25) is 0 Å². The van der Waals surface area contributed by atoms with E-state index in [-0.39, 0.29) is 0 Å². The normalized spacial score (nSPS) is 16.7. The quantitative estimate of drug-likeness (QED) is 0.722. The van der Waals surface area contributed by atoms with E-state index in [2.05, 4.69) is 11.3 Å². The van der Waals surface area contributed by atoms with Crippen LogP contribution >= 0.6 is 0 Å². The Hall–Kier alpha value is -0.260. The highest BCUT2D eigenvalue weighted by Crippen LogP contribution is 2.11. The van der Waals surface area contributed by atoms with Crippen LogP contribution in [0.1, 0.15) is 20.8 Å². The molecular weight excluding hydrogens is 193 g/mol. The fourth-order valence-corrected chi connectivity index (χ4v) is 1.32. The average Bonchev–Trinajstić information content (AvgIpc) is 1.96. The lowest BCUT2D eigenvalue weighted by Crippen LogP contribution is -2.41. The van der Waals surface area contributed by atoms with E-state index in [0.29, 0.717) is 0 Å². The first-order valence-corrected chi connectivity index (χ1v) is 5.07. The van der Waals surface area contributed by atoms with E-state index < -0.39 is 34.2 Å². The molecule has 0 fully saturated rings. The molecule has 0 aliphatic heterocycles. The van der Waals surface area contributed by atoms with Gasteiger partial charge >= 0.3 is 0 Å². The van der Waals surface area contributed by atoms with Crippen molar-refractivity contribution in [2.24, 2.45) is 0 Å². The fraction of sp³-hybridized carbons (Fsp3) is 0.750. The van der Waals surface area contributed by atoms with Crippen LogP contribution in [0.15, 0.2) is 12.4 Å². The van der Waals surface area contributed by atoms with Crippen molar-refractivity contribution in [1.29, 1.82) is 0 Å². The van der Waals surface area contributed by atoms with Crippen molar-refractivity contribution in [3.05, 3.63) is 12.4 Å². The molecule has 0 radical (unpaired) electrons. The summed E-state index contributed by atoms with van der Waals surface area (Å²) in [5.41, 5.74) is 0. The van der Waals surface area contributed by atoms with Crippen molar-refractivity contribution in [3.8, 4) is 0 Å². The second-order valence-electron chi connectivity index (χ2n) is 3.68. The van der Waals surface area contributed by atoms with E-state index in [1.165, 1.54) is 0 Å². The molecule has 0 aromatic carbocycles. The third kappa shape index (κ3) is 4.50. The van der Waals surface area contributed by atoms with Gasteiger partial charge < -0.3 is 5.11 Å². The molecule has 1 unspecified atom stereocenters. The Labute approximate surface area is 80.6 Å². The molecule has 0 aromatic heterocycles. The number of rotatable bonds is 4. The van der Waals surface area contributed by atoms with Gasteiger partial charge in [0, 0.05) is 0 Å². The molecule has 0 saturated carbocycles. The molecule has 0 rings (SSSR count). The van der Waals surface area contributed by atoms with Crippen LogP contribution in [0.5, 0.6) is 0 Å². The molecule has 0 spiro atoms. The molecule has 13 heavy (non-hydrogen) atoms. The molecule has 2 N–H and O–H groups in total. The van der Waals surface area contributed by atoms with Crippen molar-refractivity contribution in [2.75, 3.05) is 6.61 Å². The van der Waals surface area contributed by atoms with Crippen LogP contribution in [0.3, 0.4) is 0 Å². The lowest BCUT2D eigenvalue weighted by Gasteiger charge is -2.21. The second-order valence-corrected chi connectivity index (χ2v) is 5.68. The van der Waals surface area contributed by atoms with Gasteiger partial charge in [-0.1, -0.05) is 6.58 Å². The molecule has 0 aromatic rings. The zero-order chi connectivity index (χ0) is 10.6. The number of aliphatic hydroxyl groups excluding tert-OH is 1. The smallest absolute Gasteiger partial charge is 0.113 e. The lowest BCUT2D eigenvalue weighted by atomic mass is 10.3. The summed E-state index contributed by atoms with van der Waals surface area (Å²) in [6.07, 6.45) is 0. The zero-order valence-electron chi connectivity index (χ0n) is 8.13. The first kappa shape index (κ1) is 12.7. The zero-order valence-corrected chi connectivity index (χ0v) is 8.95. The van der Waals surface area contributed by atoms with Crippen LogP contribution in [0, 0.1) is 0 Å². The summed E-state index contributed by atoms with van der Waals surface area (Å²) < 4.78 is 26.0. The molecule has 0 heterocycles. The van der Waals surface area contributed by atoms with Crippen LogP contribution in [-0.4, -0.2) is 26.7 Å². The average molecular weight is 209 g/mol. The highest BCUT2D eigenvalue weighted by atomic mass is 32.2. The predicted octanol–water partition coefficient (Wildman–Crippen LogP) is 0.882. The Bertz CT molecular complexity index is 213. The summed E-state index contributed by atoms with van der Waals surface area (Å²) in [6, 6.07) is -0.944. The molecule has 0 saturated heterocycles. The first-order chi connectivity index (χ1) is 5.79. The summed E-state index contributed by atoms with van der Waals surface area (Å²) >= 11 is 0. The second kappa shape index (κ2) is 4.83. The van der Waals surface area contributed by atoms with Gasteiger partial charge in [-0.2, -0.15) is 0 Å². The summed E-state index contributed by atoms with van der Waals surface area (Å²) in [5.74, 6) is -0.708. The minimum absolute atomic E-state index is 0.447. The number of halogens is 1. The number of nitrogens with one attached hydrogen (secondary N) is 1. The fourth-order valence-electron chi connectivity index (χ4n) is 0.506. The standard InChI is InChI=1S/C8H16FNO2S/c1-6(9)7(5-11)10-13(12)8(2,3)4/h7,10-11H,1,5H2,2-4H3/t7?,13-/m0/s1. The molecule has 0 amide bonds. The van der Waals surface area contributed by atoms with Crippen molar-refractivity contribution < 1.29 is 13.7 Å². The van der Waals surface area contributed by atoms with Crippen LogP contribution in [0.2, 0.25) is 0 Å². The van der Waals surface area contributed by atoms with Crippen molar-refractivity contribution in [3.63, 3.8) is 0 Å². The summed E-state index contributed by atoms with van der Waals surface area (Å²) in [7, 11) is -1.40. The Morgan fingerprint density at radius 2 is 2.15 bits per heavy atom. The van der Waals surface area contributed by atoms with Crippen molar-refractivity contribution in [1.82, 2.24) is 4.72 Å². The Morgan fingerprint density at radius 1 is 1.69 bits per heavy atom. The van der Waals surface area contributed by atoms with E-state index in [9.17, 15) is 8.60 Å². The predicted molar refractivity (Wildman–Crippen MR) is 52.2 cm³/mol. The third-order valence-electron chi connectivity index (χ3n) is 1.37. The van der Waals surface area contributed by atoms with E-state index in [1.54, 1.807) is 20.8 Å². The van der Waals surface area contributed by atoms with E-state index in [1.807, 2.05) is 0 Å². The molecular formula is C8H16FNO2S. The SMILES string of the molecule is C=C(F)C(CO)N[S@@](=O)C(C)(C)C. The summed E-state index contributed by atoms with van der Waals surface area (Å²) in [5, 5.41) is 8.71. The Kier molecular flexibility index (Phi) is 4.74. The van der Waals surface area contributed by atoms with Crippen LogP contribution in [0.25, 0.3) is 0 Å². The Balaban J connectivity index is 4.26. The molecule has 2 atom stereocenters.